The number of amides is 1. The second kappa shape index (κ2) is 9.13. The molecular weight excluding hydrogens is 376 g/mol. The van der Waals surface area contributed by atoms with Gasteiger partial charge in [-0.25, -0.2) is 4.68 Å². The number of hydrogen-bond donors (Lipinski definition) is 0. The van der Waals surface area contributed by atoms with Crippen LogP contribution in [0.25, 0.3) is 16.9 Å². The van der Waals surface area contributed by atoms with Crippen LogP contribution >= 0.6 is 0 Å². The maximum absolute atomic E-state index is 13.4. The van der Waals surface area contributed by atoms with Crippen molar-refractivity contribution in [3.05, 3.63) is 66.4 Å². The lowest BCUT2D eigenvalue weighted by Crippen LogP contribution is -2.35. The molecule has 1 aliphatic heterocycles. The first kappa shape index (κ1) is 20.2. The van der Waals surface area contributed by atoms with E-state index in [1.807, 2.05) is 67.8 Å². The summed E-state index contributed by atoms with van der Waals surface area (Å²) in [6.45, 7) is 3.85. The van der Waals surface area contributed by atoms with E-state index >= 15 is 0 Å². The summed E-state index contributed by atoms with van der Waals surface area (Å²) in [5.41, 5.74) is 2.93. The third-order valence-electron chi connectivity index (χ3n) is 5.62. The highest BCUT2D eigenvalue weighted by Crippen LogP contribution is 2.32. The Morgan fingerprint density at radius 2 is 1.77 bits per heavy atom. The molecule has 0 bridgehead atoms. The number of benzene rings is 2. The van der Waals surface area contributed by atoms with Gasteiger partial charge in [-0.15, -0.1) is 0 Å². The van der Waals surface area contributed by atoms with Crippen LogP contribution in [0.4, 0.5) is 0 Å². The summed E-state index contributed by atoms with van der Waals surface area (Å²) in [5.74, 6) is 0.668. The number of carbonyl (C=O) groups excluding carboxylic acids is 1. The molecule has 0 N–H and O–H groups in total. The Hall–Kier alpha value is -3.12. The van der Waals surface area contributed by atoms with Crippen molar-refractivity contribution in [1.29, 1.82) is 0 Å². The second-order valence-electron chi connectivity index (χ2n) is 7.65. The Bertz CT molecular complexity index is 993. The molecule has 0 spiro atoms. The number of carbonyl (C=O) groups is 1. The summed E-state index contributed by atoms with van der Waals surface area (Å²) < 4.78 is 7.31. The monoisotopic (exact) mass is 404 g/mol. The van der Waals surface area contributed by atoms with Crippen LogP contribution in [-0.2, 0) is 0 Å². The van der Waals surface area contributed by atoms with Gasteiger partial charge in [0.25, 0.3) is 5.91 Å². The van der Waals surface area contributed by atoms with Gasteiger partial charge in [-0.05, 0) is 50.2 Å². The van der Waals surface area contributed by atoms with Crippen molar-refractivity contribution >= 4 is 5.91 Å². The second-order valence-corrected chi connectivity index (χ2v) is 7.65. The summed E-state index contributed by atoms with van der Waals surface area (Å²) in [7, 11) is 3.50. The maximum atomic E-state index is 13.4. The van der Waals surface area contributed by atoms with Crippen LogP contribution < -0.4 is 4.74 Å². The predicted octanol–water partition coefficient (Wildman–Crippen LogP) is 3.72. The Morgan fingerprint density at radius 3 is 2.50 bits per heavy atom. The van der Waals surface area contributed by atoms with E-state index in [4.69, 9.17) is 9.84 Å². The molecule has 1 aliphatic rings. The summed E-state index contributed by atoms with van der Waals surface area (Å²) in [4.78, 5) is 17.6. The van der Waals surface area contributed by atoms with Gasteiger partial charge in [0.2, 0.25) is 0 Å². The molecule has 3 aromatic rings. The Balaban J connectivity index is 1.68. The number of aromatic nitrogens is 2. The Morgan fingerprint density at radius 1 is 1.07 bits per heavy atom. The molecule has 6 nitrogen and oxygen atoms in total. The first-order valence-corrected chi connectivity index (χ1v) is 10.4. The van der Waals surface area contributed by atoms with Gasteiger partial charge in [0.05, 0.1) is 18.4 Å². The third kappa shape index (κ3) is 4.24. The van der Waals surface area contributed by atoms with Crippen LogP contribution in [0.5, 0.6) is 5.75 Å². The minimum atomic E-state index is -0.0303. The van der Waals surface area contributed by atoms with Gasteiger partial charge in [-0.1, -0.05) is 30.3 Å². The van der Waals surface area contributed by atoms with Gasteiger partial charge >= 0.3 is 0 Å². The maximum Gasteiger partial charge on any atom is 0.257 e. The average Bonchev–Trinajstić information content (AvgIpc) is 3.47. The van der Waals surface area contributed by atoms with E-state index in [0.29, 0.717) is 23.6 Å². The van der Waals surface area contributed by atoms with Crippen LogP contribution in [0.1, 0.15) is 23.2 Å². The Kier molecular flexibility index (Phi) is 6.14. The third-order valence-corrected chi connectivity index (χ3v) is 5.62. The molecule has 4 rings (SSSR count). The SMILES string of the molecule is COc1ccccc1-c1nn(-c2ccccc2)cc1C(=O)N(C)CCN1CCCC1. The molecule has 1 aromatic heterocycles. The van der Waals surface area contributed by atoms with Crippen molar-refractivity contribution in [2.45, 2.75) is 12.8 Å². The quantitative estimate of drug-likeness (QED) is 0.602. The number of likely N-dealkylation sites (tertiary alicyclic amines) is 1. The lowest BCUT2D eigenvalue weighted by atomic mass is 10.1. The first-order chi connectivity index (χ1) is 14.7. The highest BCUT2D eigenvalue weighted by atomic mass is 16.5. The number of hydrogen-bond acceptors (Lipinski definition) is 4. The van der Waals surface area contributed by atoms with Crippen LogP contribution in [0, 0.1) is 0 Å². The number of ether oxygens (including phenoxy) is 1. The molecule has 0 atom stereocenters. The number of nitrogens with zero attached hydrogens (tertiary/aromatic N) is 4. The molecule has 0 unspecified atom stereocenters. The highest BCUT2D eigenvalue weighted by Gasteiger charge is 2.24. The number of para-hydroxylation sites is 2. The van der Waals surface area contributed by atoms with Gasteiger partial charge in [0.15, 0.2) is 0 Å². The average molecular weight is 405 g/mol. The van der Waals surface area contributed by atoms with Gasteiger partial charge in [0.1, 0.15) is 11.4 Å². The van der Waals surface area contributed by atoms with Crippen molar-refractivity contribution < 1.29 is 9.53 Å². The number of methoxy groups -OCH3 is 1. The number of rotatable bonds is 7. The summed E-state index contributed by atoms with van der Waals surface area (Å²) in [6.07, 6.45) is 4.32. The van der Waals surface area contributed by atoms with Crippen molar-refractivity contribution in [2.75, 3.05) is 40.3 Å². The van der Waals surface area contributed by atoms with E-state index in [2.05, 4.69) is 4.90 Å². The molecule has 30 heavy (non-hydrogen) atoms. The minimum Gasteiger partial charge on any atom is -0.496 e. The van der Waals surface area contributed by atoms with Gasteiger partial charge in [0, 0.05) is 31.9 Å². The molecule has 2 aromatic carbocycles. The fourth-order valence-corrected chi connectivity index (χ4v) is 3.89. The predicted molar refractivity (Wildman–Crippen MR) is 118 cm³/mol. The molecule has 2 heterocycles. The van der Waals surface area contributed by atoms with E-state index in [-0.39, 0.29) is 5.91 Å². The van der Waals surface area contributed by atoms with Crippen molar-refractivity contribution in [2.24, 2.45) is 0 Å². The van der Waals surface area contributed by atoms with Crippen LogP contribution in [-0.4, -0.2) is 65.8 Å². The number of likely N-dealkylation sites (N-methyl/N-ethyl adjacent to an activating group) is 1. The fourth-order valence-electron chi connectivity index (χ4n) is 3.89. The normalized spacial score (nSPS) is 14.1. The molecule has 1 amide bonds. The Labute approximate surface area is 177 Å². The van der Waals surface area contributed by atoms with E-state index in [9.17, 15) is 4.79 Å². The molecule has 6 heteroatoms. The summed E-state index contributed by atoms with van der Waals surface area (Å²) in [5, 5.41) is 4.78. The molecule has 0 radical (unpaired) electrons. The highest BCUT2D eigenvalue weighted by molar-refractivity contribution is 6.00. The molecule has 0 saturated carbocycles. The topological polar surface area (TPSA) is 50.6 Å². The molecular formula is C24H28N4O2. The van der Waals surface area contributed by atoms with Crippen molar-refractivity contribution in [3.63, 3.8) is 0 Å². The van der Waals surface area contributed by atoms with E-state index in [1.165, 1.54) is 12.8 Å². The van der Waals surface area contributed by atoms with Gasteiger partial charge in [-0.2, -0.15) is 5.10 Å². The zero-order chi connectivity index (χ0) is 20.9. The molecule has 1 saturated heterocycles. The van der Waals surface area contributed by atoms with Crippen molar-refractivity contribution in [3.8, 4) is 22.7 Å². The van der Waals surface area contributed by atoms with Crippen LogP contribution in [0.3, 0.4) is 0 Å². The summed E-state index contributed by atoms with van der Waals surface area (Å²) in [6, 6.07) is 17.5. The van der Waals surface area contributed by atoms with Gasteiger partial charge < -0.3 is 14.5 Å². The molecule has 1 fully saturated rings. The largest absolute Gasteiger partial charge is 0.496 e. The fraction of sp³-hybridized carbons (Fsp3) is 0.333. The van der Waals surface area contributed by atoms with E-state index in [1.54, 1.807) is 16.7 Å². The first-order valence-electron chi connectivity index (χ1n) is 10.4. The molecule has 0 aliphatic carbocycles. The standard InChI is InChI=1S/C24H28N4O2/c1-26(16-17-27-14-8-9-15-27)24(29)21-18-28(19-10-4-3-5-11-19)25-23(21)20-12-6-7-13-22(20)30-2/h3-7,10-13,18H,8-9,14-17H2,1-2H3. The lowest BCUT2D eigenvalue weighted by molar-refractivity contribution is 0.0783. The van der Waals surface area contributed by atoms with Crippen molar-refractivity contribution in [1.82, 2.24) is 19.6 Å². The smallest absolute Gasteiger partial charge is 0.257 e. The zero-order valence-electron chi connectivity index (χ0n) is 17.6. The summed E-state index contributed by atoms with van der Waals surface area (Å²) >= 11 is 0. The van der Waals surface area contributed by atoms with E-state index < -0.39 is 0 Å². The van der Waals surface area contributed by atoms with E-state index in [0.717, 1.165) is 30.9 Å². The lowest BCUT2D eigenvalue weighted by Gasteiger charge is -2.21. The molecule has 156 valence electrons. The zero-order valence-corrected chi connectivity index (χ0v) is 17.6. The van der Waals surface area contributed by atoms with Crippen LogP contribution in [0.15, 0.2) is 60.8 Å². The van der Waals surface area contributed by atoms with Crippen LogP contribution in [0.2, 0.25) is 0 Å². The minimum absolute atomic E-state index is 0.0303. The van der Waals surface area contributed by atoms with Gasteiger partial charge in [-0.3, -0.25) is 4.79 Å².